The third-order valence-corrected chi connectivity index (χ3v) is 5.48. The maximum atomic E-state index is 12.7. The zero-order chi connectivity index (χ0) is 24.2. The first-order chi connectivity index (χ1) is 16.4. The van der Waals surface area contributed by atoms with Crippen LogP contribution in [-0.2, 0) is 4.79 Å². The minimum atomic E-state index is -0.510. The summed E-state index contributed by atoms with van der Waals surface area (Å²) in [7, 11) is 0. The summed E-state index contributed by atoms with van der Waals surface area (Å²) in [4.78, 5) is 23.1. The van der Waals surface area contributed by atoms with E-state index in [1.165, 1.54) is 24.3 Å². The standard InChI is InChI=1S/C26H21ClN2O5/c1-3-33-24-14-25-22(23(15-34-25)17-7-9-18(27)10-8-17)13-21(24)16(2)11-26(30)28-19-5-4-6-20(12-19)29(31)32/h4-15H,3H2,1-2H3,(H,28,30)/b16-11+. The van der Waals surface area contributed by atoms with Crippen LogP contribution in [-0.4, -0.2) is 17.4 Å². The van der Waals surface area contributed by atoms with E-state index >= 15 is 0 Å². The summed E-state index contributed by atoms with van der Waals surface area (Å²) in [5.41, 5.74) is 4.14. The van der Waals surface area contributed by atoms with Crippen LogP contribution in [0.1, 0.15) is 19.4 Å². The number of carbonyl (C=O) groups excluding carboxylic acids is 1. The molecule has 0 bridgehead atoms. The van der Waals surface area contributed by atoms with Gasteiger partial charge in [0.25, 0.3) is 5.69 Å². The highest BCUT2D eigenvalue weighted by molar-refractivity contribution is 6.30. The van der Waals surface area contributed by atoms with Crippen molar-refractivity contribution in [3.63, 3.8) is 0 Å². The second kappa shape index (κ2) is 9.80. The minimum absolute atomic E-state index is 0.0997. The molecular formula is C26H21ClN2O5. The van der Waals surface area contributed by atoms with Gasteiger partial charge in [0.05, 0.1) is 17.8 Å². The molecule has 0 aliphatic carbocycles. The Morgan fingerprint density at radius 2 is 1.94 bits per heavy atom. The molecular weight excluding hydrogens is 456 g/mol. The first-order valence-corrected chi connectivity index (χ1v) is 10.9. The normalized spacial score (nSPS) is 11.4. The van der Waals surface area contributed by atoms with Crippen LogP contribution in [0.2, 0.25) is 5.02 Å². The topological polar surface area (TPSA) is 94.6 Å². The van der Waals surface area contributed by atoms with Gasteiger partial charge >= 0.3 is 0 Å². The number of rotatable bonds is 7. The number of allylic oxidation sites excluding steroid dienone is 1. The number of nitro benzene ring substituents is 1. The molecule has 3 aromatic carbocycles. The van der Waals surface area contributed by atoms with E-state index in [9.17, 15) is 14.9 Å². The van der Waals surface area contributed by atoms with Crippen LogP contribution < -0.4 is 10.1 Å². The number of amides is 1. The molecule has 0 spiro atoms. The van der Waals surface area contributed by atoms with Gasteiger partial charge in [0.2, 0.25) is 5.91 Å². The molecule has 1 amide bonds. The van der Waals surface area contributed by atoms with Gasteiger partial charge in [-0.15, -0.1) is 0 Å². The molecule has 0 saturated heterocycles. The monoisotopic (exact) mass is 476 g/mol. The molecule has 0 aliphatic rings. The van der Waals surface area contributed by atoms with Crippen molar-refractivity contribution in [3.8, 4) is 16.9 Å². The Bertz CT molecular complexity index is 1410. The molecule has 4 rings (SSSR count). The highest BCUT2D eigenvalue weighted by Gasteiger charge is 2.16. The highest BCUT2D eigenvalue weighted by atomic mass is 35.5. The van der Waals surface area contributed by atoms with Crippen molar-refractivity contribution in [3.05, 3.63) is 93.7 Å². The van der Waals surface area contributed by atoms with Gasteiger partial charge in [-0.2, -0.15) is 0 Å². The van der Waals surface area contributed by atoms with Gasteiger partial charge in [-0.3, -0.25) is 14.9 Å². The fraction of sp³-hybridized carbons (Fsp3) is 0.115. The highest BCUT2D eigenvalue weighted by Crippen LogP contribution is 2.37. The summed E-state index contributed by atoms with van der Waals surface area (Å²) in [6.07, 6.45) is 3.12. The predicted octanol–water partition coefficient (Wildman–Crippen LogP) is 7.10. The number of halogens is 1. The molecule has 0 unspecified atom stereocenters. The number of nitrogens with zero attached hydrogens (tertiary/aromatic N) is 1. The molecule has 0 saturated carbocycles. The van der Waals surface area contributed by atoms with Crippen LogP contribution in [0, 0.1) is 10.1 Å². The van der Waals surface area contributed by atoms with Crippen molar-refractivity contribution in [2.45, 2.75) is 13.8 Å². The molecule has 0 radical (unpaired) electrons. The lowest BCUT2D eigenvalue weighted by atomic mass is 9.99. The number of nitro groups is 1. The number of fused-ring (bicyclic) bond motifs is 1. The van der Waals surface area contributed by atoms with Gasteiger partial charge in [-0.1, -0.05) is 29.8 Å². The van der Waals surface area contributed by atoms with Gasteiger partial charge in [-0.25, -0.2) is 0 Å². The van der Waals surface area contributed by atoms with Crippen LogP contribution >= 0.6 is 11.6 Å². The van der Waals surface area contributed by atoms with Crippen LogP contribution in [0.4, 0.5) is 11.4 Å². The van der Waals surface area contributed by atoms with Crippen molar-refractivity contribution in [2.75, 3.05) is 11.9 Å². The molecule has 172 valence electrons. The molecule has 0 fully saturated rings. The summed E-state index contributed by atoms with van der Waals surface area (Å²) in [5.74, 6) is 0.176. The number of ether oxygens (including phenoxy) is 1. The molecule has 0 aliphatic heterocycles. The lowest BCUT2D eigenvalue weighted by molar-refractivity contribution is -0.384. The third-order valence-electron chi connectivity index (χ3n) is 5.23. The predicted molar refractivity (Wildman–Crippen MR) is 133 cm³/mol. The summed E-state index contributed by atoms with van der Waals surface area (Å²) in [6, 6.07) is 17.0. The first-order valence-electron chi connectivity index (χ1n) is 10.5. The van der Waals surface area contributed by atoms with Crippen molar-refractivity contribution in [2.24, 2.45) is 0 Å². The minimum Gasteiger partial charge on any atom is -0.493 e. The number of furan rings is 1. The maximum Gasteiger partial charge on any atom is 0.271 e. The fourth-order valence-electron chi connectivity index (χ4n) is 3.64. The molecule has 1 aromatic heterocycles. The van der Waals surface area contributed by atoms with Crippen molar-refractivity contribution in [1.82, 2.24) is 0 Å². The zero-order valence-electron chi connectivity index (χ0n) is 18.5. The Morgan fingerprint density at radius 3 is 2.65 bits per heavy atom. The average molecular weight is 477 g/mol. The van der Waals surface area contributed by atoms with Gasteiger partial charge in [0.15, 0.2) is 0 Å². The number of non-ortho nitro benzene ring substituents is 1. The Morgan fingerprint density at radius 1 is 1.18 bits per heavy atom. The number of nitrogens with one attached hydrogen (secondary N) is 1. The first kappa shape index (κ1) is 23.1. The molecule has 1 heterocycles. The molecule has 7 nitrogen and oxygen atoms in total. The smallest absolute Gasteiger partial charge is 0.271 e. The summed E-state index contributed by atoms with van der Waals surface area (Å²) in [5, 5.41) is 15.2. The average Bonchev–Trinajstić information content (AvgIpc) is 3.22. The van der Waals surface area contributed by atoms with E-state index in [0.717, 1.165) is 22.1 Å². The van der Waals surface area contributed by atoms with Gasteiger partial charge in [0.1, 0.15) is 11.3 Å². The Hall–Kier alpha value is -4.10. The van der Waals surface area contributed by atoms with Gasteiger partial charge in [0, 0.05) is 51.5 Å². The number of hydrogen-bond acceptors (Lipinski definition) is 5. The van der Waals surface area contributed by atoms with Crippen LogP contribution in [0.5, 0.6) is 5.75 Å². The SMILES string of the molecule is CCOc1cc2occ(-c3ccc(Cl)cc3)c2cc1/C(C)=C/C(=O)Nc1cccc([N+](=O)[O-])c1. The van der Waals surface area contributed by atoms with E-state index < -0.39 is 10.8 Å². The van der Waals surface area contributed by atoms with E-state index in [4.69, 9.17) is 20.8 Å². The third kappa shape index (κ3) is 4.94. The Labute approximate surface area is 200 Å². The Balaban J connectivity index is 1.70. The second-order valence-electron chi connectivity index (χ2n) is 7.56. The summed E-state index contributed by atoms with van der Waals surface area (Å²) >= 11 is 6.03. The Kier molecular flexibility index (Phi) is 6.65. The molecule has 8 heteroatoms. The lowest BCUT2D eigenvalue weighted by Gasteiger charge is -2.12. The second-order valence-corrected chi connectivity index (χ2v) is 7.99. The molecule has 1 N–H and O–H groups in total. The summed E-state index contributed by atoms with van der Waals surface area (Å²) < 4.78 is 11.6. The van der Waals surface area contributed by atoms with Crippen LogP contribution in [0.25, 0.3) is 27.7 Å². The molecule has 34 heavy (non-hydrogen) atoms. The van der Waals surface area contributed by atoms with Crippen LogP contribution in [0.15, 0.2) is 77.4 Å². The number of anilines is 1. The fourth-order valence-corrected chi connectivity index (χ4v) is 3.77. The molecule has 0 atom stereocenters. The van der Waals surface area contributed by atoms with E-state index in [2.05, 4.69) is 5.32 Å². The number of hydrogen-bond donors (Lipinski definition) is 1. The zero-order valence-corrected chi connectivity index (χ0v) is 19.3. The number of carbonyl (C=O) groups is 1. The number of benzene rings is 3. The van der Waals surface area contributed by atoms with E-state index in [1.54, 1.807) is 19.3 Å². The van der Waals surface area contributed by atoms with Crippen molar-refractivity contribution < 1.29 is 18.9 Å². The van der Waals surface area contributed by atoms with E-state index in [1.807, 2.05) is 43.3 Å². The molecule has 4 aromatic rings. The van der Waals surface area contributed by atoms with Crippen molar-refractivity contribution in [1.29, 1.82) is 0 Å². The van der Waals surface area contributed by atoms with Crippen LogP contribution in [0.3, 0.4) is 0 Å². The van der Waals surface area contributed by atoms with E-state index in [0.29, 0.717) is 34.2 Å². The maximum absolute atomic E-state index is 12.7. The quantitative estimate of drug-likeness (QED) is 0.174. The largest absolute Gasteiger partial charge is 0.493 e. The lowest BCUT2D eigenvalue weighted by Crippen LogP contribution is -2.09. The van der Waals surface area contributed by atoms with Crippen molar-refractivity contribution >= 4 is 45.4 Å². The summed E-state index contributed by atoms with van der Waals surface area (Å²) in [6.45, 7) is 4.12. The van der Waals surface area contributed by atoms with Gasteiger partial charge < -0.3 is 14.5 Å². The van der Waals surface area contributed by atoms with E-state index in [-0.39, 0.29) is 5.69 Å². The van der Waals surface area contributed by atoms with Gasteiger partial charge in [-0.05, 0) is 49.2 Å².